The molecule has 1 aliphatic rings. The van der Waals surface area contributed by atoms with Crippen LogP contribution in [0.2, 0.25) is 0 Å². The van der Waals surface area contributed by atoms with Crippen molar-refractivity contribution in [3.63, 3.8) is 0 Å². The van der Waals surface area contributed by atoms with Crippen LogP contribution in [-0.2, 0) is 0 Å². The predicted molar refractivity (Wildman–Crippen MR) is 86.5 cm³/mol. The maximum atomic E-state index is 6.11. The first-order chi connectivity index (χ1) is 9.08. The van der Waals surface area contributed by atoms with Gasteiger partial charge in [0.1, 0.15) is 0 Å². The third kappa shape index (κ3) is 3.51. The summed E-state index contributed by atoms with van der Waals surface area (Å²) in [6.45, 7) is 5.13. The van der Waals surface area contributed by atoms with E-state index in [2.05, 4.69) is 53.3 Å². The summed E-state index contributed by atoms with van der Waals surface area (Å²) in [5.41, 5.74) is 8.65. The fourth-order valence-electron chi connectivity index (χ4n) is 3.20. The fraction of sp³-hybridized carbons (Fsp3) is 0.625. The molecule has 0 aromatic heterocycles. The maximum absolute atomic E-state index is 6.11. The molecule has 0 amide bonds. The molecule has 2 nitrogen and oxygen atoms in total. The zero-order valence-corrected chi connectivity index (χ0v) is 13.6. The van der Waals surface area contributed by atoms with E-state index in [4.69, 9.17) is 5.73 Å². The number of hydrogen-bond donors (Lipinski definition) is 2. The van der Waals surface area contributed by atoms with Gasteiger partial charge in [-0.3, -0.25) is 0 Å². The standard InChI is InChI=1S/C16H25BrN2/c1-3-13-5-4-8-16(10-13,11-18)19-15-9-12(2)6-7-14(15)17/h6-7,9,13,19H,3-5,8,10-11,18H2,1-2H3. The second-order valence-electron chi connectivity index (χ2n) is 5.96. The zero-order chi connectivity index (χ0) is 13.9. The molecule has 0 heterocycles. The van der Waals surface area contributed by atoms with Crippen molar-refractivity contribution in [1.82, 2.24) is 0 Å². The van der Waals surface area contributed by atoms with Crippen molar-refractivity contribution in [1.29, 1.82) is 0 Å². The number of aryl methyl sites for hydroxylation is 1. The van der Waals surface area contributed by atoms with E-state index >= 15 is 0 Å². The van der Waals surface area contributed by atoms with Crippen molar-refractivity contribution in [2.45, 2.75) is 51.5 Å². The third-order valence-corrected chi connectivity index (χ3v) is 5.13. The van der Waals surface area contributed by atoms with Gasteiger partial charge in [0.25, 0.3) is 0 Å². The lowest BCUT2D eigenvalue weighted by Gasteiger charge is -2.42. The SMILES string of the molecule is CCC1CCCC(CN)(Nc2cc(C)ccc2Br)C1. The largest absolute Gasteiger partial charge is 0.377 e. The van der Waals surface area contributed by atoms with E-state index in [0.717, 1.165) is 10.4 Å². The highest BCUT2D eigenvalue weighted by Crippen LogP contribution is 2.37. The van der Waals surface area contributed by atoms with Gasteiger partial charge in [0.15, 0.2) is 0 Å². The van der Waals surface area contributed by atoms with Crippen molar-refractivity contribution >= 4 is 21.6 Å². The summed E-state index contributed by atoms with van der Waals surface area (Å²) in [6, 6.07) is 6.44. The molecule has 1 aromatic rings. The van der Waals surface area contributed by atoms with Crippen molar-refractivity contribution < 1.29 is 0 Å². The Morgan fingerprint density at radius 2 is 2.26 bits per heavy atom. The third-order valence-electron chi connectivity index (χ3n) is 4.44. The van der Waals surface area contributed by atoms with Crippen molar-refractivity contribution in [2.24, 2.45) is 11.7 Å². The van der Waals surface area contributed by atoms with Crippen molar-refractivity contribution in [3.8, 4) is 0 Å². The highest BCUT2D eigenvalue weighted by Gasteiger charge is 2.34. The maximum Gasteiger partial charge on any atom is 0.0498 e. The molecular weight excluding hydrogens is 300 g/mol. The molecule has 1 fully saturated rings. The molecule has 0 spiro atoms. The molecule has 0 saturated heterocycles. The number of benzene rings is 1. The smallest absolute Gasteiger partial charge is 0.0498 e. The molecule has 1 aliphatic carbocycles. The monoisotopic (exact) mass is 324 g/mol. The number of hydrogen-bond acceptors (Lipinski definition) is 2. The van der Waals surface area contributed by atoms with Crippen LogP contribution in [0.1, 0.15) is 44.6 Å². The summed E-state index contributed by atoms with van der Waals surface area (Å²) < 4.78 is 1.13. The fourth-order valence-corrected chi connectivity index (χ4v) is 3.55. The second kappa shape index (κ2) is 6.27. The Morgan fingerprint density at radius 1 is 1.47 bits per heavy atom. The van der Waals surface area contributed by atoms with Crippen LogP contribution in [0, 0.1) is 12.8 Å². The molecule has 2 unspecified atom stereocenters. The lowest BCUT2D eigenvalue weighted by molar-refractivity contribution is 0.244. The van der Waals surface area contributed by atoms with Gasteiger partial charge in [0, 0.05) is 22.2 Å². The summed E-state index contributed by atoms with van der Waals surface area (Å²) in [6.07, 6.45) is 6.28. The lowest BCUT2D eigenvalue weighted by atomic mass is 9.74. The lowest BCUT2D eigenvalue weighted by Crippen LogP contribution is -2.49. The van der Waals surface area contributed by atoms with Crippen LogP contribution in [-0.4, -0.2) is 12.1 Å². The first-order valence-corrected chi connectivity index (χ1v) is 8.12. The van der Waals surface area contributed by atoms with E-state index in [0.29, 0.717) is 6.54 Å². The van der Waals surface area contributed by atoms with E-state index in [-0.39, 0.29) is 5.54 Å². The summed E-state index contributed by atoms with van der Waals surface area (Å²) in [7, 11) is 0. The first kappa shape index (κ1) is 14.9. The second-order valence-corrected chi connectivity index (χ2v) is 6.82. The molecular formula is C16H25BrN2. The number of anilines is 1. The van der Waals surface area contributed by atoms with Gasteiger partial charge < -0.3 is 11.1 Å². The van der Waals surface area contributed by atoms with Crippen molar-refractivity contribution in [2.75, 3.05) is 11.9 Å². The molecule has 0 aliphatic heterocycles. The molecule has 3 heteroatoms. The first-order valence-electron chi connectivity index (χ1n) is 7.33. The molecule has 3 N–H and O–H groups in total. The van der Waals surface area contributed by atoms with Crippen LogP contribution in [0.25, 0.3) is 0 Å². The van der Waals surface area contributed by atoms with E-state index in [1.54, 1.807) is 0 Å². The van der Waals surface area contributed by atoms with Crippen LogP contribution in [0.3, 0.4) is 0 Å². The molecule has 1 saturated carbocycles. The van der Waals surface area contributed by atoms with E-state index in [9.17, 15) is 0 Å². The molecule has 0 bridgehead atoms. The zero-order valence-electron chi connectivity index (χ0n) is 12.0. The van der Waals surface area contributed by atoms with Crippen LogP contribution < -0.4 is 11.1 Å². The molecule has 1 aromatic carbocycles. The van der Waals surface area contributed by atoms with E-state index in [1.165, 1.54) is 43.4 Å². The average molecular weight is 325 g/mol. The Bertz CT molecular complexity index is 433. The molecule has 106 valence electrons. The summed E-state index contributed by atoms with van der Waals surface area (Å²) in [4.78, 5) is 0. The van der Waals surface area contributed by atoms with Gasteiger partial charge in [0.05, 0.1) is 0 Å². The Kier molecular flexibility index (Phi) is 4.91. The number of halogens is 1. The average Bonchev–Trinajstić information content (AvgIpc) is 2.43. The van der Waals surface area contributed by atoms with Crippen LogP contribution >= 0.6 is 15.9 Å². The normalized spacial score (nSPS) is 27.3. The minimum Gasteiger partial charge on any atom is -0.377 e. The van der Waals surface area contributed by atoms with Gasteiger partial charge in [-0.05, 0) is 59.3 Å². The van der Waals surface area contributed by atoms with Crippen LogP contribution in [0.15, 0.2) is 22.7 Å². The van der Waals surface area contributed by atoms with Gasteiger partial charge >= 0.3 is 0 Å². The van der Waals surface area contributed by atoms with Gasteiger partial charge in [-0.15, -0.1) is 0 Å². The van der Waals surface area contributed by atoms with Crippen LogP contribution in [0.5, 0.6) is 0 Å². The topological polar surface area (TPSA) is 38.0 Å². The van der Waals surface area contributed by atoms with Crippen LogP contribution in [0.4, 0.5) is 5.69 Å². The molecule has 19 heavy (non-hydrogen) atoms. The Balaban J connectivity index is 2.20. The van der Waals surface area contributed by atoms with Gasteiger partial charge in [-0.1, -0.05) is 32.3 Å². The van der Waals surface area contributed by atoms with Gasteiger partial charge in [-0.25, -0.2) is 0 Å². The minimum atomic E-state index is 0.0786. The Labute approximate surface area is 125 Å². The Morgan fingerprint density at radius 3 is 2.95 bits per heavy atom. The number of rotatable bonds is 4. The van der Waals surface area contributed by atoms with E-state index < -0.39 is 0 Å². The summed E-state index contributed by atoms with van der Waals surface area (Å²) >= 11 is 3.64. The van der Waals surface area contributed by atoms with E-state index in [1.807, 2.05) is 0 Å². The molecule has 0 radical (unpaired) electrons. The summed E-state index contributed by atoms with van der Waals surface area (Å²) in [5.74, 6) is 0.813. The highest BCUT2D eigenvalue weighted by atomic mass is 79.9. The van der Waals surface area contributed by atoms with Crippen molar-refractivity contribution in [3.05, 3.63) is 28.2 Å². The molecule has 2 rings (SSSR count). The molecule has 2 atom stereocenters. The van der Waals surface area contributed by atoms with Gasteiger partial charge in [0.2, 0.25) is 0 Å². The van der Waals surface area contributed by atoms with Gasteiger partial charge in [-0.2, -0.15) is 0 Å². The number of nitrogens with two attached hydrogens (primary N) is 1. The minimum absolute atomic E-state index is 0.0786. The quantitative estimate of drug-likeness (QED) is 0.857. The highest BCUT2D eigenvalue weighted by molar-refractivity contribution is 9.10. The Hall–Kier alpha value is -0.540. The summed E-state index contributed by atoms with van der Waals surface area (Å²) in [5, 5.41) is 3.75. The predicted octanol–water partition coefficient (Wildman–Crippen LogP) is 4.47. The number of nitrogens with one attached hydrogen (secondary N) is 1.